The van der Waals surface area contributed by atoms with Crippen LogP contribution in [0, 0.1) is 6.92 Å². The highest BCUT2D eigenvalue weighted by atomic mass is 16.3. The van der Waals surface area contributed by atoms with Crippen molar-refractivity contribution >= 4 is 0 Å². The van der Waals surface area contributed by atoms with E-state index in [9.17, 15) is 0 Å². The average Bonchev–Trinajstić information content (AvgIpc) is 3.06. The van der Waals surface area contributed by atoms with E-state index < -0.39 is 0 Å². The molecular formula is C19H18N6O. The number of aryl methyl sites for hydroxylation is 2. The third-order valence-corrected chi connectivity index (χ3v) is 4.57. The minimum absolute atomic E-state index is 0.525. The Kier molecular flexibility index (Phi) is 3.28. The maximum Gasteiger partial charge on any atom is 0.218 e. The van der Waals surface area contributed by atoms with Crippen LogP contribution in [0.5, 0.6) is 0 Å². The van der Waals surface area contributed by atoms with Gasteiger partial charge in [0, 0.05) is 24.9 Å². The summed E-state index contributed by atoms with van der Waals surface area (Å²) in [6.45, 7) is 1.90. The van der Waals surface area contributed by atoms with Gasteiger partial charge in [0.05, 0.1) is 0 Å². The van der Waals surface area contributed by atoms with Gasteiger partial charge in [-0.2, -0.15) is 9.78 Å². The Morgan fingerprint density at radius 2 is 2.00 bits per heavy atom. The van der Waals surface area contributed by atoms with E-state index in [-0.39, 0.29) is 0 Å². The maximum atomic E-state index is 5.70. The Morgan fingerprint density at radius 3 is 2.69 bits per heavy atom. The molecule has 0 aliphatic heterocycles. The monoisotopic (exact) mass is 346 g/mol. The minimum Gasteiger partial charge on any atom is -0.458 e. The van der Waals surface area contributed by atoms with Crippen molar-refractivity contribution in [1.82, 2.24) is 29.5 Å². The summed E-state index contributed by atoms with van der Waals surface area (Å²) in [4.78, 5) is 9.14. The van der Waals surface area contributed by atoms with E-state index >= 15 is 0 Å². The normalized spacial score (nSPS) is 14.1. The topological polar surface area (TPSA) is 74.6 Å². The molecule has 0 spiro atoms. The van der Waals surface area contributed by atoms with E-state index in [0.29, 0.717) is 29.1 Å². The number of pyridine rings is 1. The molecule has 5 rings (SSSR count). The zero-order valence-electron chi connectivity index (χ0n) is 14.6. The van der Waals surface area contributed by atoms with Gasteiger partial charge >= 0.3 is 0 Å². The summed E-state index contributed by atoms with van der Waals surface area (Å²) in [5, 5.41) is 9.32. The summed E-state index contributed by atoms with van der Waals surface area (Å²) in [6, 6.07) is 11.6. The van der Waals surface area contributed by atoms with E-state index in [0.717, 1.165) is 11.5 Å². The third-order valence-electron chi connectivity index (χ3n) is 4.57. The molecule has 0 aromatic carbocycles. The fourth-order valence-corrected chi connectivity index (χ4v) is 3.13. The molecule has 1 aliphatic rings. The summed E-state index contributed by atoms with van der Waals surface area (Å²) < 4.78 is 9.38. The molecular weight excluding hydrogens is 328 g/mol. The molecule has 26 heavy (non-hydrogen) atoms. The molecule has 0 N–H and O–H groups in total. The first-order valence-electron chi connectivity index (χ1n) is 8.68. The molecule has 130 valence electrons. The molecule has 4 aromatic heterocycles. The van der Waals surface area contributed by atoms with Crippen molar-refractivity contribution in [2.45, 2.75) is 25.7 Å². The molecule has 4 heterocycles. The summed E-state index contributed by atoms with van der Waals surface area (Å²) >= 11 is 0. The molecule has 7 heteroatoms. The average molecular weight is 346 g/mol. The highest BCUT2D eigenvalue weighted by Gasteiger charge is 2.29. The zero-order valence-corrected chi connectivity index (χ0v) is 14.6. The van der Waals surface area contributed by atoms with Crippen LogP contribution in [0.2, 0.25) is 0 Å². The minimum atomic E-state index is 0.525. The lowest BCUT2D eigenvalue weighted by Gasteiger charge is -2.01. The van der Waals surface area contributed by atoms with Gasteiger partial charge in [0.1, 0.15) is 11.5 Å². The summed E-state index contributed by atoms with van der Waals surface area (Å²) in [5.74, 6) is 3.96. The summed E-state index contributed by atoms with van der Waals surface area (Å²) in [7, 11) is 1.98. The Labute approximate surface area is 150 Å². The molecule has 7 nitrogen and oxygen atoms in total. The van der Waals surface area contributed by atoms with E-state index in [1.54, 1.807) is 10.9 Å². The van der Waals surface area contributed by atoms with Gasteiger partial charge in [-0.1, -0.05) is 6.07 Å². The number of rotatable bonds is 4. The molecule has 0 radical (unpaired) electrons. The van der Waals surface area contributed by atoms with E-state index in [1.165, 1.54) is 18.5 Å². The lowest BCUT2D eigenvalue weighted by atomic mass is 10.2. The van der Waals surface area contributed by atoms with Crippen LogP contribution in [-0.4, -0.2) is 29.5 Å². The number of hydrogen-bond acceptors (Lipinski definition) is 5. The Morgan fingerprint density at radius 1 is 1.12 bits per heavy atom. The van der Waals surface area contributed by atoms with Crippen molar-refractivity contribution in [3.05, 3.63) is 54.0 Å². The number of nitrogens with zero attached hydrogens (tertiary/aromatic N) is 6. The van der Waals surface area contributed by atoms with E-state index in [4.69, 9.17) is 9.40 Å². The predicted molar refractivity (Wildman–Crippen MR) is 95.8 cm³/mol. The number of furan rings is 1. The standard InChI is InChI=1S/C19H18N6O/c1-12-6-9-16(26-12)18-21-19(25(23-18)17-5-3-4-10-20-17)14-11-15(13-7-8-13)24(2)22-14/h3-6,9-11,13H,7-8H2,1-2H3. The van der Waals surface area contributed by atoms with E-state index in [1.807, 2.05) is 49.0 Å². The second-order valence-electron chi connectivity index (χ2n) is 6.62. The van der Waals surface area contributed by atoms with Crippen molar-refractivity contribution in [2.75, 3.05) is 0 Å². The third kappa shape index (κ3) is 2.52. The molecule has 0 bridgehead atoms. The highest BCUT2D eigenvalue weighted by molar-refractivity contribution is 5.58. The first-order valence-corrected chi connectivity index (χ1v) is 8.68. The molecule has 4 aromatic rings. The van der Waals surface area contributed by atoms with Gasteiger partial charge in [0.2, 0.25) is 5.82 Å². The molecule has 1 fully saturated rings. The van der Waals surface area contributed by atoms with Gasteiger partial charge in [0.15, 0.2) is 17.4 Å². The van der Waals surface area contributed by atoms with Gasteiger partial charge in [0.25, 0.3) is 0 Å². The second-order valence-corrected chi connectivity index (χ2v) is 6.62. The molecule has 0 unspecified atom stereocenters. The SMILES string of the molecule is Cc1ccc(-c2nc(-c3cc(C4CC4)n(C)n3)n(-c3ccccn3)n2)o1. The quantitative estimate of drug-likeness (QED) is 0.565. The van der Waals surface area contributed by atoms with Gasteiger partial charge in [-0.3, -0.25) is 4.68 Å². The number of hydrogen-bond donors (Lipinski definition) is 0. The van der Waals surface area contributed by atoms with Crippen LogP contribution in [0.4, 0.5) is 0 Å². The molecule has 0 saturated heterocycles. The van der Waals surface area contributed by atoms with Crippen LogP contribution >= 0.6 is 0 Å². The smallest absolute Gasteiger partial charge is 0.218 e. The van der Waals surface area contributed by atoms with Crippen molar-refractivity contribution < 1.29 is 4.42 Å². The van der Waals surface area contributed by atoms with Crippen molar-refractivity contribution in [3.63, 3.8) is 0 Å². The molecule has 1 saturated carbocycles. The van der Waals surface area contributed by atoms with Crippen molar-refractivity contribution in [1.29, 1.82) is 0 Å². The molecule has 1 aliphatic carbocycles. The summed E-state index contributed by atoms with van der Waals surface area (Å²) in [6.07, 6.45) is 4.19. The van der Waals surface area contributed by atoms with Gasteiger partial charge in [-0.05, 0) is 50.1 Å². The highest BCUT2D eigenvalue weighted by Crippen LogP contribution is 2.41. The van der Waals surface area contributed by atoms with Crippen LogP contribution in [0.25, 0.3) is 28.9 Å². The van der Waals surface area contributed by atoms with Crippen LogP contribution in [-0.2, 0) is 7.05 Å². The van der Waals surface area contributed by atoms with Crippen LogP contribution < -0.4 is 0 Å². The van der Waals surface area contributed by atoms with Crippen molar-refractivity contribution in [2.24, 2.45) is 7.05 Å². The lowest BCUT2D eigenvalue weighted by molar-refractivity contribution is 0.544. The Hall–Kier alpha value is -3.22. The largest absolute Gasteiger partial charge is 0.458 e. The molecule has 0 amide bonds. The fraction of sp³-hybridized carbons (Fsp3) is 0.263. The van der Waals surface area contributed by atoms with Crippen LogP contribution in [0.1, 0.15) is 30.2 Å². The lowest BCUT2D eigenvalue weighted by Crippen LogP contribution is -2.02. The Balaban J connectivity index is 1.67. The van der Waals surface area contributed by atoms with E-state index in [2.05, 4.69) is 21.2 Å². The predicted octanol–water partition coefficient (Wildman–Crippen LogP) is 3.51. The molecule has 0 atom stereocenters. The van der Waals surface area contributed by atoms with Gasteiger partial charge in [-0.25, -0.2) is 9.97 Å². The second kappa shape index (κ2) is 5.66. The van der Waals surface area contributed by atoms with Crippen molar-refractivity contribution in [3.8, 4) is 28.9 Å². The van der Waals surface area contributed by atoms with Crippen LogP contribution in [0.15, 0.2) is 47.0 Å². The first kappa shape index (κ1) is 15.1. The first-order chi connectivity index (χ1) is 12.7. The Bertz CT molecular complexity index is 1070. The fourth-order valence-electron chi connectivity index (χ4n) is 3.13. The summed E-state index contributed by atoms with van der Waals surface area (Å²) in [5.41, 5.74) is 2.04. The number of aromatic nitrogens is 6. The van der Waals surface area contributed by atoms with Gasteiger partial charge < -0.3 is 4.42 Å². The van der Waals surface area contributed by atoms with Crippen LogP contribution in [0.3, 0.4) is 0 Å². The van der Waals surface area contributed by atoms with Gasteiger partial charge in [-0.15, -0.1) is 5.10 Å². The zero-order chi connectivity index (χ0) is 17.7. The maximum absolute atomic E-state index is 5.70.